The van der Waals surface area contributed by atoms with Crippen LogP contribution in [-0.4, -0.2) is 19.2 Å². The van der Waals surface area contributed by atoms with Gasteiger partial charge in [-0.2, -0.15) is 10.5 Å². The minimum atomic E-state index is -3.88. The predicted molar refractivity (Wildman–Crippen MR) is 106 cm³/mol. The maximum absolute atomic E-state index is 13.4. The topological polar surface area (TPSA) is 81.7 Å². The molecule has 2 aromatic carbocycles. The minimum absolute atomic E-state index is 0.113. The van der Waals surface area contributed by atoms with Crippen molar-refractivity contribution in [2.75, 3.05) is 0 Å². The summed E-state index contributed by atoms with van der Waals surface area (Å²) in [6.07, 6.45) is 0.234. The molecule has 140 valence electrons. The van der Waals surface area contributed by atoms with Gasteiger partial charge in [0, 0.05) is 12.8 Å². The van der Waals surface area contributed by atoms with Crippen LogP contribution >= 0.6 is 23.2 Å². The van der Waals surface area contributed by atoms with Crippen molar-refractivity contribution in [3.63, 3.8) is 0 Å². The molecule has 7 heteroatoms. The Morgan fingerprint density at radius 1 is 0.852 bits per heavy atom. The molecule has 0 fully saturated rings. The number of sulfone groups is 1. The van der Waals surface area contributed by atoms with Crippen LogP contribution in [0.25, 0.3) is 0 Å². The van der Waals surface area contributed by atoms with E-state index in [1.54, 1.807) is 24.3 Å². The van der Waals surface area contributed by atoms with Crippen LogP contribution in [0.15, 0.2) is 46.2 Å². The first-order chi connectivity index (χ1) is 12.7. The SMILES string of the molecule is Cc1ccc(S(=O)(=O)c2ccc(C)cc2CC(Cl)C#N)c(CC(Cl)C#N)c1. The second kappa shape index (κ2) is 8.76. The van der Waals surface area contributed by atoms with Crippen LogP contribution in [0.5, 0.6) is 0 Å². The first-order valence-corrected chi connectivity index (χ1v) is 10.6. The Balaban J connectivity index is 2.64. The fraction of sp³-hybridized carbons (Fsp3) is 0.300. The van der Waals surface area contributed by atoms with E-state index >= 15 is 0 Å². The smallest absolute Gasteiger partial charge is 0.207 e. The number of nitrogens with zero attached hydrogens (tertiary/aromatic N) is 2. The van der Waals surface area contributed by atoms with Gasteiger partial charge in [-0.3, -0.25) is 0 Å². The van der Waals surface area contributed by atoms with Crippen molar-refractivity contribution >= 4 is 33.0 Å². The predicted octanol–water partition coefficient (Wildman–Crippen LogP) is 4.48. The number of hydrogen-bond donors (Lipinski definition) is 0. The fourth-order valence-electron chi connectivity index (χ4n) is 2.86. The molecule has 0 radical (unpaired) electrons. The molecule has 0 amide bonds. The van der Waals surface area contributed by atoms with Gasteiger partial charge in [-0.1, -0.05) is 35.4 Å². The molecule has 0 aliphatic heterocycles. The Kier molecular flexibility index (Phi) is 6.89. The maximum Gasteiger partial charge on any atom is 0.207 e. The van der Waals surface area contributed by atoms with Crippen molar-refractivity contribution in [2.45, 2.75) is 47.2 Å². The Morgan fingerprint density at radius 2 is 1.22 bits per heavy atom. The largest absolute Gasteiger partial charge is 0.218 e. The molecule has 27 heavy (non-hydrogen) atoms. The van der Waals surface area contributed by atoms with E-state index in [0.29, 0.717) is 11.1 Å². The molecule has 0 heterocycles. The zero-order chi connectivity index (χ0) is 20.2. The van der Waals surface area contributed by atoms with E-state index in [4.69, 9.17) is 33.7 Å². The lowest BCUT2D eigenvalue weighted by Crippen LogP contribution is -2.13. The van der Waals surface area contributed by atoms with Gasteiger partial charge in [0.25, 0.3) is 0 Å². The standard InChI is InChI=1S/C20H18Cl2N2O2S/c1-13-3-5-19(15(7-13)9-17(21)11-23)27(25,26)20-6-4-14(2)8-16(20)10-18(22)12-24/h3-8,17-18H,9-10H2,1-2H3. The third kappa shape index (κ3) is 5.02. The van der Waals surface area contributed by atoms with E-state index in [0.717, 1.165) is 11.1 Å². The molecule has 2 unspecified atom stereocenters. The zero-order valence-electron chi connectivity index (χ0n) is 14.9. The van der Waals surface area contributed by atoms with Gasteiger partial charge in [0.1, 0.15) is 10.8 Å². The third-order valence-electron chi connectivity index (χ3n) is 4.09. The van der Waals surface area contributed by atoms with E-state index in [9.17, 15) is 8.42 Å². The lowest BCUT2D eigenvalue weighted by atomic mass is 10.1. The van der Waals surface area contributed by atoms with Crippen LogP contribution in [0.1, 0.15) is 22.3 Å². The highest BCUT2D eigenvalue weighted by molar-refractivity contribution is 7.91. The van der Waals surface area contributed by atoms with E-state index in [2.05, 4.69) is 0 Å². The van der Waals surface area contributed by atoms with E-state index < -0.39 is 20.6 Å². The van der Waals surface area contributed by atoms with Crippen LogP contribution in [0.4, 0.5) is 0 Å². The van der Waals surface area contributed by atoms with E-state index in [1.807, 2.05) is 26.0 Å². The van der Waals surface area contributed by atoms with Crippen molar-refractivity contribution < 1.29 is 8.42 Å². The number of alkyl halides is 2. The average molecular weight is 421 g/mol. The van der Waals surface area contributed by atoms with Gasteiger partial charge in [0.15, 0.2) is 0 Å². The summed E-state index contributed by atoms with van der Waals surface area (Å²) in [5.41, 5.74) is 2.73. The van der Waals surface area contributed by atoms with Crippen molar-refractivity contribution in [3.8, 4) is 12.1 Å². The van der Waals surface area contributed by atoms with Crippen molar-refractivity contribution in [2.24, 2.45) is 0 Å². The van der Waals surface area contributed by atoms with Crippen molar-refractivity contribution in [1.82, 2.24) is 0 Å². The highest BCUT2D eigenvalue weighted by Crippen LogP contribution is 2.30. The highest BCUT2D eigenvalue weighted by Gasteiger charge is 2.26. The Labute approximate surface area is 169 Å². The molecule has 2 aromatic rings. The molecule has 2 atom stereocenters. The summed E-state index contributed by atoms with van der Waals surface area (Å²) >= 11 is 11.9. The molecular weight excluding hydrogens is 403 g/mol. The molecular formula is C20H18Cl2N2O2S. The van der Waals surface area contributed by atoms with Crippen molar-refractivity contribution in [3.05, 3.63) is 58.7 Å². The third-order valence-corrected chi connectivity index (χ3v) is 6.55. The molecule has 0 spiro atoms. The summed E-state index contributed by atoms with van der Waals surface area (Å²) in [7, 11) is -3.88. The fourth-order valence-corrected chi connectivity index (χ4v) is 4.89. The van der Waals surface area contributed by atoms with E-state index in [1.165, 1.54) is 12.1 Å². The Bertz CT molecular complexity index is 959. The number of nitriles is 2. The zero-order valence-corrected chi connectivity index (χ0v) is 17.2. The number of hydrogen-bond acceptors (Lipinski definition) is 4. The Hall–Kier alpha value is -2.05. The van der Waals surface area contributed by atoms with Gasteiger partial charge in [-0.25, -0.2) is 8.42 Å². The van der Waals surface area contributed by atoms with Crippen LogP contribution in [0.3, 0.4) is 0 Å². The Morgan fingerprint density at radius 3 is 1.56 bits per heavy atom. The molecule has 0 aromatic heterocycles. The van der Waals surface area contributed by atoms with Crippen LogP contribution < -0.4 is 0 Å². The molecule has 2 rings (SSSR count). The molecule has 0 aliphatic rings. The van der Waals surface area contributed by atoms with Gasteiger partial charge >= 0.3 is 0 Å². The van der Waals surface area contributed by atoms with Crippen molar-refractivity contribution in [1.29, 1.82) is 10.5 Å². The number of benzene rings is 2. The number of rotatable bonds is 6. The lowest BCUT2D eigenvalue weighted by molar-refractivity contribution is 0.593. The van der Waals surface area contributed by atoms with Gasteiger partial charge in [0.2, 0.25) is 9.84 Å². The molecule has 0 saturated carbocycles. The van der Waals surface area contributed by atoms with Gasteiger partial charge in [0.05, 0.1) is 21.9 Å². The second-order valence-electron chi connectivity index (χ2n) is 6.33. The monoisotopic (exact) mass is 420 g/mol. The van der Waals surface area contributed by atoms with Crippen LogP contribution in [-0.2, 0) is 22.7 Å². The van der Waals surface area contributed by atoms with Crippen LogP contribution in [0, 0.1) is 36.5 Å². The van der Waals surface area contributed by atoms with Gasteiger partial charge in [-0.05, 0) is 37.1 Å². The molecule has 0 aliphatic carbocycles. The first kappa shape index (κ1) is 21.3. The van der Waals surface area contributed by atoms with Crippen LogP contribution in [0.2, 0.25) is 0 Å². The number of aryl methyl sites for hydroxylation is 2. The summed E-state index contributed by atoms with van der Waals surface area (Å²) in [5, 5.41) is 16.3. The normalized spacial score (nSPS) is 13.4. The number of halogens is 2. The molecule has 4 nitrogen and oxygen atoms in total. The highest BCUT2D eigenvalue weighted by atomic mass is 35.5. The second-order valence-corrected chi connectivity index (χ2v) is 9.27. The molecule has 0 N–H and O–H groups in total. The summed E-state index contributed by atoms with van der Waals surface area (Å²) in [4.78, 5) is 0.226. The molecule has 0 saturated heterocycles. The quantitative estimate of drug-likeness (QED) is 0.644. The summed E-state index contributed by atoms with van der Waals surface area (Å²) < 4.78 is 26.8. The first-order valence-electron chi connectivity index (χ1n) is 8.20. The minimum Gasteiger partial charge on any atom is -0.218 e. The summed E-state index contributed by atoms with van der Waals surface area (Å²) in [5.74, 6) is 0. The molecule has 0 bridgehead atoms. The average Bonchev–Trinajstić information content (AvgIpc) is 2.61. The summed E-state index contributed by atoms with van der Waals surface area (Å²) in [6, 6.07) is 13.8. The lowest BCUT2D eigenvalue weighted by Gasteiger charge is -2.15. The maximum atomic E-state index is 13.4. The van der Waals surface area contributed by atoms with Gasteiger partial charge < -0.3 is 0 Å². The van der Waals surface area contributed by atoms with E-state index in [-0.39, 0.29) is 22.6 Å². The summed E-state index contributed by atoms with van der Waals surface area (Å²) in [6.45, 7) is 3.69. The van der Waals surface area contributed by atoms with Gasteiger partial charge in [-0.15, -0.1) is 23.2 Å².